The number of pyridine rings is 1. The number of sulfonamides is 1. The number of hydrogen-bond donors (Lipinski definition) is 1. The highest BCUT2D eigenvalue weighted by molar-refractivity contribution is 7.89. The van der Waals surface area contributed by atoms with Gasteiger partial charge in [0.05, 0.1) is 4.90 Å². The third kappa shape index (κ3) is 2.65. The summed E-state index contributed by atoms with van der Waals surface area (Å²) in [6, 6.07) is 7.20. The third-order valence-corrected chi connectivity index (χ3v) is 7.03. The van der Waals surface area contributed by atoms with Crippen molar-refractivity contribution in [2.45, 2.75) is 17.7 Å². The van der Waals surface area contributed by atoms with Gasteiger partial charge in [0.15, 0.2) is 0 Å². The van der Waals surface area contributed by atoms with Crippen LogP contribution in [-0.2, 0) is 10.0 Å². The summed E-state index contributed by atoms with van der Waals surface area (Å²) in [5, 5.41) is 5.05. The largest absolute Gasteiger partial charge is 0.316 e. The molecular formula is C17H23N3O2S. The molecule has 2 fully saturated rings. The minimum Gasteiger partial charge on any atom is -0.316 e. The van der Waals surface area contributed by atoms with Gasteiger partial charge >= 0.3 is 0 Å². The number of rotatable bonds is 2. The van der Waals surface area contributed by atoms with Gasteiger partial charge in [-0.2, -0.15) is 4.31 Å². The van der Waals surface area contributed by atoms with E-state index < -0.39 is 10.0 Å². The molecule has 5 nitrogen and oxygen atoms in total. The van der Waals surface area contributed by atoms with E-state index in [1.807, 2.05) is 6.07 Å². The van der Waals surface area contributed by atoms with Crippen LogP contribution in [0.5, 0.6) is 0 Å². The molecular weight excluding hydrogens is 310 g/mol. The maximum atomic E-state index is 13.2. The molecule has 1 aromatic heterocycles. The maximum absolute atomic E-state index is 13.2. The standard InChI is InChI=1S/C17H21N3O2S.H2/c21-23(22,17-5-1-3-13-9-19-8-6-16(13)17)20-11-14-4-2-7-18-10-15(14)12-20;/h1,3,5-6,8-9,14-15,18H,2,4,7,10-12H2;1H. The Bertz CT molecular complexity index is 808. The van der Waals surface area contributed by atoms with Gasteiger partial charge in [0.1, 0.15) is 0 Å². The number of aromatic nitrogens is 1. The van der Waals surface area contributed by atoms with Crippen LogP contribution in [-0.4, -0.2) is 43.9 Å². The smallest absolute Gasteiger partial charge is 0.243 e. The highest BCUT2D eigenvalue weighted by Gasteiger charge is 2.39. The van der Waals surface area contributed by atoms with Gasteiger partial charge in [0.25, 0.3) is 0 Å². The molecule has 4 rings (SSSR count). The lowest BCUT2D eigenvalue weighted by Gasteiger charge is -2.18. The molecule has 0 spiro atoms. The first-order valence-corrected chi connectivity index (χ1v) is 9.64. The summed E-state index contributed by atoms with van der Waals surface area (Å²) in [5.74, 6) is 0.917. The van der Waals surface area contributed by atoms with E-state index in [4.69, 9.17) is 0 Å². The molecule has 6 heteroatoms. The lowest BCUT2D eigenvalue weighted by Crippen LogP contribution is -2.31. The zero-order valence-electron chi connectivity index (χ0n) is 13.0. The first-order valence-electron chi connectivity index (χ1n) is 8.20. The summed E-state index contributed by atoms with van der Waals surface area (Å²) in [6.45, 7) is 3.25. The van der Waals surface area contributed by atoms with Crippen LogP contribution < -0.4 is 5.32 Å². The van der Waals surface area contributed by atoms with Crippen molar-refractivity contribution in [3.63, 3.8) is 0 Å². The number of benzene rings is 1. The Morgan fingerprint density at radius 3 is 3.00 bits per heavy atom. The van der Waals surface area contributed by atoms with Gasteiger partial charge < -0.3 is 5.32 Å². The van der Waals surface area contributed by atoms with Crippen LogP contribution >= 0.6 is 0 Å². The second-order valence-corrected chi connectivity index (χ2v) is 8.45. The molecule has 2 aromatic rings. The van der Waals surface area contributed by atoms with Crippen molar-refractivity contribution in [2.24, 2.45) is 11.8 Å². The Balaban J connectivity index is 0.00000169. The number of hydrogen-bond acceptors (Lipinski definition) is 4. The van der Waals surface area contributed by atoms with E-state index in [-0.39, 0.29) is 1.43 Å². The molecule has 0 saturated carbocycles. The minimum absolute atomic E-state index is 0. The van der Waals surface area contributed by atoms with Crippen molar-refractivity contribution in [1.29, 1.82) is 0 Å². The van der Waals surface area contributed by atoms with Crippen molar-refractivity contribution in [2.75, 3.05) is 26.2 Å². The lowest BCUT2D eigenvalue weighted by atomic mass is 9.93. The molecule has 1 aromatic carbocycles. The number of nitrogens with one attached hydrogen (secondary N) is 1. The third-order valence-electron chi connectivity index (χ3n) is 5.14. The molecule has 2 atom stereocenters. The van der Waals surface area contributed by atoms with Gasteiger partial charge in [-0.05, 0) is 49.9 Å². The zero-order chi connectivity index (χ0) is 15.9. The molecule has 2 aliphatic rings. The topological polar surface area (TPSA) is 62.3 Å². The van der Waals surface area contributed by atoms with Gasteiger partial charge in [-0.25, -0.2) is 8.42 Å². The molecule has 0 radical (unpaired) electrons. The fraction of sp³-hybridized carbons (Fsp3) is 0.471. The molecule has 2 aliphatic heterocycles. The van der Waals surface area contributed by atoms with Crippen LogP contribution in [0, 0.1) is 11.8 Å². The summed E-state index contributed by atoms with van der Waals surface area (Å²) in [4.78, 5) is 4.49. The molecule has 0 amide bonds. The van der Waals surface area contributed by atoms with Crippen LogP contribution in [0.1, 0.15) is 14.3 Å². The van der Waals surface area contributed by atoms with Gasteiger partial charge in [-0.3, -0.25) is 4.98 Å². The predicted octanol–water partition coefficient (Wildman–Crippen LogP) is 2.10. The Morgan fingerprint density at radius 1 is 1.22 bits per heavy atom. The summed E-state index contributed by atoms with van der Waals surface area (Å²) in [7, 11) is -3.46. The van der Waals surface area contributed by atoms with Crippen molar-refractivity contribution < 1.29 is 9.84 Å². The number of fused-ring (bicyclic) bond motifs is 2. The highest BCUT2D eigenvalue weighted by atomic mass is 32.2. The molecule has 23 heavy (non-hydrogen) atoms. The van der Waals surface area contributed by atoms with Gasteiger partial charge in [-0.15, -0.1) is 0 Å². The molecule has 3 heterocycles. The van der Waals surface area contributed by atoms with Crippen LogP contribution in [0.2, 0.25) is 0 Å². The van der Waals surface area contributed by atoms with E-state index in [1.54, 1.807) is 34.9 Å². The van der Waals surface area contributed by atoms with Gasteiger partial charge in [0.2, 0.25) is 10.0 Å². The fourth-order valence-corrected chi connectivity index (χ4v) is 5.65. The zero-order valence-corrected chi connectivity index (χ0v) is 13.8. The first kappa shape index (κ1) is 15.1. The van der Waals surface area contributed by atoms with Crippen molar-refractivity contribution in [3.8, 4) is 0 Å². The molecule has 2 unspecified atom stereocenters. The van der Waals surface area contributed by atoms with Crippen LogP contribution in [0.4, 0.5) is 0 Å². The van der Waals surface area contributed by atoms with Gasteiger partial charge in [-0.1, -0.05) is 12.1 Å². The van der Waals surface area contributed by atoms with E-state index in [0.29, 0.717) is 29.8 Å². The van der Waals surface area contributed by atoms with E-state index in [1.165, 1.54) is 0 Å². The normalized spacial score (nSPS) is 26.1. The Morgan fingerprint density at radius 2 is 2.09 bits per heavy atom. The lowest BCUT2D eigenvalue weighted by molar-refractivity contribution is 0.414. The van der Waals surface area contributed by atoms with Crippen LogP contribution in [0.15, 0.2) is 41.6 Å². The second-order valence-electron chi connectivity index (χ2n) is 6.54. The molecule has 2 saturated heterocycles. The van der Waals surface area contributed by atoms with Crippen molar-refractivity contribution >= 4 is 20.8 Å². The Hall–Kier alpha value is -1.50. The van der Waals surface area contributed by atoms with Crippen LogP contribution in [0.3, 0.4) is 0 Å². The predicted molar refractivity (Wildman–Crippen MR) is 91.7 cm³/mol. The van der Waals surface area contributed by atoms with Gasteiger partial charge in [0, 0.05) is 37.7 Å². The fourth-order valence-electron chi connectivity index (χ4n) is 3.88. The SMILES string of the molecule is O=S(=O)(c1cccc2cnccc12)N1CC2CCCNCC2C1.[HH]. The summed E-state index contributed by atoms with van der Waals surface area (Å²) in [6.07, 6.45) is 5.61. The summed E-state index contributed by atoms with van der Waals surface area (Å²) >= 11 is 0. The Labute approximate surface area is 138 Å². The van der Waals surface area contributed by atoms with E-state index >= 15 is 0 Å². The monoisotopic (exact) mass is 333 g/mol. The van der Waals surface area contributed by atoms with E-state index in [0.717, 1.165) is 36.7 Å². The molecule has 124 valence electrons. The first-order chi connectivity index (χ1) is 11.2. The molecule has 0 aliphatic carbocycles. The van der Waals surface area contributed by atoms with Crippen molar-refractivity contribution in [1.82, 2.24) is 14.6 Å². The quantitative estimate of drug-likeness (QED) is 0.914. The minimum atomic E-state index is -3.46. The second kappa shape index (κ2) is 5.85. The van der Waals surface area contributed by atoms with E-state index in [9.17, 15) is 8.42 Å². The summed E-state index contributed by atoms with van der Waals surface area (Å²) in [5.41, 5.74) is 0. The van der Waals surface area contributed by atoms with Crippen LogP contribution in [0.25, 0.3) is 10.8 Å². The average molecular weight is 333 g/mol. The highest BCUT2D eigenvalue weighted by Crippen LogP contribution is 2.34. The molecule has 0 bridgehead atoms. The number of nitrogens with zero attached hydrogens (tertiary/aromatic N) is 2. The van der Waals surface area contributed by atoms with Crippen molar-refractivity contribution in [3.05, 3.63) is 36.7 Å². The summed E-state index contributed by atoms with van der Waals surface area (Å²) < 4.78 is 28.0. The Kier molecular flexibility index (Phi) is 3.83. The molecule has 1 N–H and O–H groups in total. The van der Waals surface area contributed by atoms with E-state index in [2.05, 4.69) is 10.3 Å². The maximum Gasteiger partial charge on any atom is 0.243 e. The average Bonchev–Trinajstić information content (AvgIpc) is 2.86.